The number of nitrogens with one attached hydrogen (secondary N) is 1. The predicted octanol–water partition coefficient (Wildman–Crippen LogP) is 1.52. The number of carbonyl (C=O) groups excluding carboxylic acids is 1. The van der Waals surface area contributed by atoms with Gasteiger partial charge in [0.15, 0.2) is 0 Å². The minimum atomic E-state index is -0.601. The number of rotatable bonds is 5. The lowest BCUT2D eigenvalue weighted by Crippen LogP contribution is -2.41. The second-order valence-electron chi connectivity index (χ2n) is 5.37. The van der Waals surface area contributed by atoms with Crippen LogP contribution in [-0.4, -0.2) is 30.7 Å². The van der Waals surface area contributed by atoms with E-state index in [-0.39, 0.29) is 30.0 Å². The van der Waals surface area contributed by atoms with Crippen LogP contribution in [0.5, 0.6) is 0 Å². The number of amides is 1. The summed E-state index contributed by atoms with van der Waals surface area (Å²) in [5.41, 5.74) is 5.48. The number of benzene rings is 1. The first-order valence-corrected chi connectivity index (χ1v) is 7.10. The highest BCUT2D eigenvalue weighted by atomic mass is 19.1. The van der Waals surface area contributed by atoms with Crippen molar-refractivity contribution in [1.82, 2.24) is 5.32 Å². The Bertz CT molecular complexity index is 490. The van der Waals surface area contributed by atoms with Gasteiger partial charge in [0.1, 0.15) is 17.7 Å². The van der Waals surface area contributed by atoms with E-state index in [1.54, 1.807) is 6.92 Å². The molecule has 0 saturated carbocycles. The van der Waals surface area contributed by atoms with E-state index in [1.165, 1.54) is 18.2 Å². The van der Waals surface area contributed by atoms with E-state index in [2.05, 4.69) is 5.32 Å². The Balaban J connectivity index is 1.90. The maximum absolute atomic E-state index is 13.6. The van der Waals surface area contributed by atoms with Gasteiger partial charge in [-0.15, -0.1) is 0 Å². The second-order valence-corrected chi connectivity index (χ2v) is 5.37. The zero-order valence-electron chi connectivity index (χ0n) is 11.9. The Morgan fingerprint density at radius 3 is 2.67 bits per heavy atom. The molecule has 3 N–H and O–H groups in total. The Morgan fingerprint density at radius 1 is 1.43 bits per heavy atom. The second kappa shape index (κ2) is 6.95. The minimum Gasteiger partial charge on any atom is -0.364 e. The SMILES string of the molecule is CC(Cc1c(F)cccc1F)NC(=O)C1CCC(CN)O1. The molecule has 21 heavy (non-hydrogen) atoms. The van der Waals surface area contributed by atoms with Crippen molar-refractivity contribution in [2.75, 3.05) is 6.54 Å². The summed E-state index contributed by atoms with van der Waals surface area (Å²) < 4.78 is 32.6. The fraction of sp³-hybridized carbons (Fsp3) is 0.533. The lowest BCUT2D eigenvalue weighted by molar-refractivity contribution is -0.132. The van der Waals surface area contributed by atoms with Crippen molar-refractivity contribution in [2.45, 2.75) is 44.4 Å². The number of hydrogen-bond donors (Lipinski definition) is 2. The highest BCUT2D eigenvalue weighted by molar-refractivity contribution is 5.81. The van der Waals surface area contributed by atoms with Crippen LogP contribution in [-0.2, 0) is 16.0 Å². The molecular formula is C15H20F2N2O2. The third-order valence-electron chi connectivity index (χ3n) is 3.62. The smallest absolute Gasteiger partial charge is 0.249 e. The number of halogens is 2. The quantitative estimate of drug-likeness (QED) is 0.866. The summed E-state index contributed by atoms with van der Waals surface area (Å²) in [5.74, 6) is -1.46. The monoisotopic (exact) mass is 298 g/mol. The molecule has 0 radical (unpaired) electrons. The van der Waals surface area contributed by atoms with Gasteiger partial charge in [-0.25, -0.2) is 8.78 Å². The van der Waals surface area contributed by atoms with Crippen LogP contribution in [0.25, 0.3) is 0 Å². The molecular weight excluding hydrogens is 278 g/mol. The zero-order valence-corrected chi connectivity index (χ0v) is 11.9. The molecule has 1 aliphatic rings. The minimum absolute atomic E-state index is 0.0162. The first-order chi connectivity index (χ1) is 10.0. The van der Waals surface area contributed by atoms with Gasteiger partial charge in [0.05, 0.1) is 6.10 Å². The van der Waals surface area contributed by atoms with Crippen molar-refractivity contribution in [3.63, 3.8) is 0 Å². The molecule has 1 aromatic carbocycles. The van der Waals surface area contributed by atoms with Crippen LogP contribution in [0.3, 0.4) is 0 Å². The van der Waals surface area contributed by atoms with Crippen molar-refractivity contribution in [1.29, 1.82) is 0 Å². The van der Waals surface area contributed by atoms with E-state index in [1.807, 2.05) is 0 Å². The highest BCUT2D eigenvalue weighted by Crippen LogP contribution is 2.19. The van der Waals surface area contributed by atoms with Gasteiger partial charge < -0.3 is 15.8 Å². The average molecular weight is 298 g/mol. The van der Waals surface area contributed by atoms with Gasteiger partial charge in [0.2, 0.25) is 5.91 Å². The van der Waals surface area contributed by atoms with Gasteiger partial charge in [-0.3, -0.25) is 4.79 Å². The summed E-state index contributed by atoms with van der Waals surface area (Å²) >= 11 is 0. The van der Waals surface area contributed by atoms with E-state index in [9.17, 15) is 13.6 Å². The first-order valence-electron chi connectivity index (χ1n) is 7.10. The standard InChI is InChI=1S/C15H20F2N2O2/c1-9(7-11-12(16)3-2-4-13(11)17)19-15(20)14-6-5-10(8-18)21-14/h2-4,9-10,14H,5-8,18H2,1H3,(H,19,20). The first kappa shape index (κ1) is 15.9. The largest absolute Gasteiger partial charge is 0.364 e. The summed E-state index contributed by atoms with van der Waals surface area (Å²) in [6.07, 6.45) is 0.864. The molecule has 1 aliphatic heterocycles. The molecule has 4 nitrogen and oxygen atoms in total. The van der Waals surface area contributed by atoms with Crippen molar-refractivity contribution < 1.29 is 18.3 Å². The molecule has 116 valence electrons. The summed E-state index contributed by atoms with van der Waals surface area (Å²) in [4.78, 5) is 12.0. The maximum atomic E-state index is 13.6. The molecule has 1 aromatic rings. The van der Waals surface area contributed by atoms with E-state index in [0.717, 1.165) is 6.42 Å². The Morgan fingerprint density at radius 2 is 2.10 bits per heavy atom. The topological polar surface area (TPSA) is 64.4 Å². The van der Waals surface area contributed by atoms with Crippen molar-refractivity contribution in [3.05, 3.63) is 35.4 Å². The van der Waals surface area contributed by atoms with E-state index in [4.69, 9.17) is 10.5 Å². The summed E-state index contributed by atoms with van der Waals surface area (Å²) in [6.45, 7) is 2.10. The summed E-state index contributed by atoms with van der Waals surface area (Å²) in [7, 11) is 0. The van der Waals surface area contributed by atoms with Crippen molar-refractivity contribution in [2.24, 2.45) is 5.73 Å². The fourth-order valence-electron chi connectivity index (χ4n) is 2.49. The van der Waals surface area contributed by atoms with Crippen LogP contribution >= 0.6 is 0 Å². The van der Waals surface area contributed by atoms with Crippen LogP contribution in [0.1, 0.15) is 25.3 Å². The van der Waals surface area contributed by atoms with Gasteiger partial charge >= 0.3 is 0 Å². The number of nitrogens with two attached hydrogens (primary N) is 1. The Kier molecular flexibility index (Phi) is 5.25. The van der Waals surface area contributed by atoms with Crippen LogP contribution in [0.15, 0.2) is 18.2 Å². The molecule has 6 heteroatoms. The van der Waals surface area contributed by atoms with Crippen LogP contribution in [0.4, 0.5) is 8.78 Å². The fourth-order valence-corrected chi connectivity index (χ4v) is 2.49. The van der Waals surface area contributed by atoms with E-state index in [0.29, 0.717) is 13.0 Å². The predicted molar refractivity (Wildman–Crippen MR) is 74.6 cm³/mol. The third-order valence-corrected chi connectivity index (χ3v) is 3.62. The zero-order chi connectivity index (χ0) is 15.4. The van der Waals surface area contributed by atoms with Gasteiger partial charge in [0.25, 0.3) is 0 Å². The summed E-state index contributed by atoms with van der Waals surface area (Å²) in [6, 6.07) is 3.35. The Labute approximate surface area is 122 Å². The van der Waals surface area contributed by atoms with Crippen molar-refractivity contribution >= 4 is 5.91 Å². The van der Waals surface area contributed by atoms with Gasteiger partial charge in [-0.05, 0) is 38.3 Å². The normalized spacial score (nSPS) is 23.0. The molecule has 1 fully saturated rings. The molecule has 3 atom stereocenters. The van der Waals surface area contributed by atoms with Gasteiger partial charge in [-0.1, -0.05) is 6.07 Å². The lowest BCUT2D eigenvalue weighted by Gasteiger charge is -2.18. The number of ether oxygens (including phenoxy) is 1. The molecule has 0 aromatic heterocycles. The lowest BCUT2D eigenvalue weighted by atomic mass is 10.1. The molecule has 0 aliphatic carbocycles. The number of hydrogen-bond acceptors (Lipinski definition) is 3. The van der Waals surface area contributed by atoms with Crippen LogP contribution in [0.2, 0.25) is 0 Å². The van der Waals surface area contributed by atoms with Crippen LogP contribution < -0.4 is 11.1 Å². The van der Waals surface area contributed by atoms with Crippen molar-refractivity contribution in [3.8, 4) is 0 Å². The highest BCUT2D eigenvalue weighted by Gasteiger charge is 2.30. The van der Waals surface area contributed by atoms with E-state index < -0.39 is 17.7 Å². The average Bonchev–Trinajstić information content (AvgIpc) is 2.92. The van der Waals surface area contributed by atoms with Crippen LogP contribution in [0, 0.1) is 11.6 Å². The molecule has 1 heterocycles. The molecule has 1 amide bonds. The number of carbonyl (C=O) groups is 1. The molecule has 0 spiro atoms. The van der Waals surface area contributed by atoms with Gasteiger partial charge in [0, 0.05) is 18.2 Å². The molecule has 0 bridgehead atoms. The third kappa shape index (κ3) is 3.98. The Hall–Kier alpha value is -1.53. The molecule has 1 saturated heterocycles. The van der Waals surface area contributed by atoms with Gasteiger partial charge in [-0.2, -0.15) is 0 Å². The molecule has 3 unspecified atom stereocenters. The maximum Gasteiger partial charge on any atom is 0.249 e. The molecule has 2 rings (SSSR count). The van der Waals surface area contributed by atoms with E-state index >= 15 is 0 Å². The summed E-state index contributed by atoms with van der Waals surface area (Å²) in [5, 5.41) is 2.73.